The Labute approximate surface area is 189 Å². The Balaban J connectivity index is 1.57. The molecule has 33 heavy (non-hydrogen) atoms. The highest BCUT2D eigenvalue weighted by molar-refractivity contribution is 7.89. The molecule has 1 N–H and O–H groups in total. The Bertz CT molecular complexity index is 873. The van der Waals surface area contributed by atoms with Crippen LogP contribution in [0.4, 0.5) is 19.0 Å². The van der Waals surface area contributed by atoms with Crippen LogP contribution in [0.2, 0.25) is 0 Å². The molecule has 0 aliphatic carbocycles. The number of aromatic nitrogens is 1. The second-order valence-corrected chi connectivity index (χ2v) is 9.94. The van der Waals surface area contributed by atoms with Crippen molar-refractivity contribution in [2.75, 3.05) is 56.7 Å². The van der Waals surface area contributed by atoms with Gasteiger partial charge in [-0.05, 0) is 30.9 Å². The summed E-state index contributed by atoms with van der Waals surface area (Å²) in [6, 6.07) is 2.04. The van der Waals surface area contributed by atoms with E-state index in [-0.39, 0.29) is 31.2 Å². The van der Waals surface area contributed by atoms with Crippen LogP contribution in [0, 0.1) is 5.92 Å². The zero-order chi connectivity index (χ0) is 24.1. The molecule has 0 saturated carbocycles. The molecule has 10 nitrogen and oxygen atoms in total. The smallest absolute Gasteiger partial charge is 0.422 e. The van der Waals surface area contributed by atoms with Crippen LogP contribution in [0.3, 0.4) is 0 Å². The van der Waals surface area contributed by atoms with Crippen molar-refractivity contribution >= 4 is 22.3 Å². The van der Waals surface area contributed by atoms with Crippen molar-refractivity contribution < 1.29 is 41.1 Å². The zero-order valence-electron chi connectivity index (χ0n) is 17.9. The van der Waals surface area contributed by atoms with Gasteiger partial charge in [0, 0.05) is 39.4 Å². The first kappa shape index (κ1) is 25.5. The Hall–Kier alpha value is -2.16. The molecule has 0 radical (unpaired) electrons. The molecule has 2 fully saturated rings. The number of sulfonamides is 1. The topological polar surface area (TPSA) is 113 Å². The van der Waals surface area contributed by atoms with Crippen LogP contribution in [0.1, 0.15) is 12.8 Å². The standard InChI is InChI=1S/C19H27F3N4O6S/c20-19(21,22)13-32-16-1-2-18(23-11-16)24-5-7-25(8-6-24)33(29,30)12-17(26(28)14-27)15-3-9-31-10-4-15/h1-2,11,14-15,17,28H,3-10,12-13H2. The van der Waals surface area contributed by atoms with Gasteiger partial charge >= 0.3 is 6.18 Å². The molecule has 1 aromatic heterocycles. The van der Waals surface area contributed by atoms with E-state index in [4.69, 9.17) is 4.74 Å². The lowest BCUT2D eigenvalue weighted by molar-refractivity contribution is -0.165. The van der Waals surface area contributed by atoms with E-state index < -0.39 is 34.6 Å². The number of nitrogens with zero attached hydrogens (tertiary/aromatic N) is 4. The lowest BCUT2D eigenvalue weighted by Crippen LogP contribution is -2.53. The van der Waals surface area contributed by atoms with Crippen LogP contribution < -0.4 is 9.64 Å². The largest absolute Gasteiger partial charge is 0.483 e. The van der Waals surface area contributed by atoms with Crippen molar-refractivity contribution in [1.29, 1.82) is 0 Å². The molecule has 2 aliphatic heterocycles. The SMILES string of the molecule is O=CN(O)C(CS(=O)(=O)N1CCN(c2ccc(OCC(F)(F)F)cn2)CC1)C1CCOCC1. The van der Waals surface area contributed by atoms with Crippen molar-refractivity contribution in [2.45, 2.75) is 25.1 Å². The zero-order valence-corrected chi connectivity index (χ0v) is 18.7. The number of anilines is 1. The van der Waals surface area contributed by atoms with Crippen LogP contribution in [0.5, 0.6) is 5.75 Å². The average molecular weight is 497 g/mol. The van der Waals surface area contributed by atoms with Crippen molar-refractivity contribution in [1.82, 2.24) is 14.4 Å². The number of carbonyl (C=O) groups is 1. The number of piperazine rings is 1. The Kier molecular flexibility index (Phi) is 8.37. The first-order valence-corrected chi connectivity index (χ1v) is 12.1. The summed E-state index contributed by atoms with van der Waals surface area (Å²) < 4.78 is 74.0. The maximum atomic E-state index is 13.0. The van der Waals surface area contributed by atoms with Crippen molar-refractivity contribution in [3.63, 3.8) is 0 Å². The summed E-state index contributed by atoms with van der Waals surface area (Å²) in [6.07, 6.45) is -1.93. The van der Waals surface area contributed by atoms with E-state index in [1.54, 1.807) is 0 Å². The summed E-state index contributed by atoms with van der Waals surface area (Å²) >= 11 is 0. The van der Waals surface area contributed by atoms with Gasteiger partial charge in [0.05, 0.1) is 18.0 Å². The lowest BCUT2D eigenvalue weighted by atomic mass is 9.93. The molecule has 3 rings (SSSR count). The monoisotopic (exact) mass is 496 g/mol. The van der Waals surface area contributed by atoms with Gasteiger partial charge in [-0.2, -0.15) is 17.5 Å². The van der Waals surface area contributed by atoms with E-state index in [0.717, 1.165) is 0 Å². The Morgan fingerprint density at radius 3 is 2.45 bits per heavy atom. The van der Waals surface area contributed by atoms with E-state index >= 15 is 0 Å². The minimum atomic E-state index is -4.44. The van der Waals surface area contributed by atoms with Gasteiger partial charge in [0.1, 0.15) is 11.6 Å². The number of amides is 1. The minimum Gasteiger partial charge on any atom is -0.483 e. The molecule has 1 unspecified atom stereocenters. The van der Waals surface area contributed by atoms with Crippen LogP contribution in [0.25, 0.3) is 0 Å². The summed E-state index contributed by atoms with van der Waals surface area (Å²) in [5.74, 6) is -0.0995. The van der Waals surface area contributed by atoms with E-state index in [1.165, 1.54) is 22.6 Å². The van der Waals surface area contributed by atoms with Gasteiger partial charge < -0.3 is 14.4 Å². The Morgan fingerprint density at radius 2 is 1.91 bits per heavy atom. The van der Waals surface area contributed by atoms with E-state index in [9.17, 15) is 31.6 Å². The summed E-state index contributed by atoms with van der Waals surface area (Å²) in [6.45, 7) is 0.474. The number of carbonyl (C=O) groups excluding carboxylic acids is 1. The number of halogens is 3. The summed E-state index contributed by atoms with van der Waals surface area (Å²) in [4.78, 5) is 17.1. The first-order chi connectivity index (χ1) is 15.6. The fourth-order valence-electron chi connectivity index (χ4n) is 3.93. The number of pyridine rings is 1. The third-order valence-electron chi connectivity index (χ3n) is 5.72. The molecule has 0 spiro atoms. The highest BCUT2D eigenvalue weighted by Gasteiger charge is 2.36. The van der Waals surface area contributed by atoms with Gasteiger partial charge in [0.2, 0.25) is 16.4 Å². The predicted octanol–water partition coefficient (Wildman–Crippen LogP) is 1.12. The lowest BCUT2D eigenvalue weighted by Gasteiger charge is -2.37. The van der Waals surface area contributed by atoms with Gasteiger partial charge in [-0.3, -0.25) is 10.0 Å². The number of alkyl halides is 3. The maximum Gasteiger partial charge on any atom is 0.422 e. The van der Waals surface area contributed by atoms with Gasteiger partial charge in [0.25, 0.3) is 0 Å². The number of hydroxylamine groups is 2. The number of rotatable bonds is 9. The van der Waals surface area contributed by atoms with Crippen LogP contribution in [-0.4, -0.2) is 98.4 Å². The molecular weight excluding hydrogens is 469 g/mol. The number of hydrogen-bond acceptors (Lipinski definition) is 8. The summed E-state index contributed by atoms with van der Waals surface area (Å²) in [5, 5.41) is 10.4. The predicted molar refractivity (Wildman–Crippen MR) is 110 cm³/mol. The Morgan fingerprint density at radius 1 is 1.24 bits per heavy atom. The van der Waals surface area contributed by atoms with Gasteiger partial charge in [-0.1, -0.05) is 0 Å². The highest BCUT2D eigenvalue weighted by Crippen LogP contribution is 2.25. The molecule has 0 aromatic carbocycles. The van der Waals surface area contributed by atoms with E-state index in [0.29, 0.717) is 50.0 Å². The van der Waals surface area contributed by atoms with Crippen molar-refractivity contribution in [2.24, 2.45) is 5.92 Å². The third-order valence-corrected chi connectivity index (χ3v) is 7.63. The first-order valence-electron chi connectivity index (χ1n) is 10.5. The maximum absolute atomic E-state index is 13.0. The molecular formula is C19H27F3N4O6S. The van der Waals surface area contributed by atoms with Gasteiger partial charge in [0.15, 0.2) is 6.61 Å². The fourth-order valence-corrected chi connectivity index (χ4v) is 5.72. The molecule has 1 atom stereocenters. The molecule has 1 amide bonds. The second kappa shape index (κ2) is 10.8. The fraction of sp³-hybridized carbons (Fsp3) is 0.684. The van der Waals surface area contributed by atoms with Crippen LogP contribution in [-0.2, 0) is 19.6 Å². The van der Waals surface area contributed by atoms with E-state index in [1.807, 2.05) is 4.90 Å². The second-order valence-electron chi connectivity index (χ2n) is 7.92. The van der Waals surface area contributed by atoms with Crippen molar-refractivity contribution in [3.8, 4) is 5.75 Å². The number of ether oxygens (including phenoxy) is 2. The van der Waals surface area contributed by atoms with Gasteiger partial charge in [-0.15, -0.1) is 0 Å². The van der Waals surface area contributed by atoms with Crippen LogP contribution >= 0.6 is 0 Å². The molecule has 186 valence electrons. The third kappa shape index (κ3) is 7.16. The summed E-state index contributed by atoms with van der Waals surface area (Å²) in [7, 11) is -3.76. The average Bonchev–Trinajstić information content (AvgIpc) is 2.81. The van der Waals surface area contributed by atoms with Gasteiger partial charge in [-0.25, -0.2) is 18.5 Å². The molecule has 1 aromatic rings. The minimum absolute atomic E-state index is 0.0137. The molecule has 0 bridgehead atoms. The molecule has 3 heterocycles. The molecule has 14 heteroatoms. The molecule has 2 aliphatic rings. The normalized spacial score (nSPS) is 19.8. The van der Waals surface area contributed by atoms with Crippen molar-refractivity contribution in [3.05, 3.63) is 18.3 Å². The quantitative estimate of drug-likeness (QED) is 0.308. The molecule has 2 saturated heterocycles. The van der Waals surface area contributed by atoms with E-state index in [2.05, 4.69) is 9.72 Å². The highest BCUT2D eigenvalue weighted by atomic mass is 32.2. The summed E-state index contributed by atoms with van der Waals surface area (Å²) in [5.41, 5.74) is 0. The van der Waals surface area contributed by atoms with Crippen LogP contribution in [0.15, 0.2) is 18.3 Å². The number of hydrogen-bond donors (Lipinski definition) is 1.